The molecule has 0 aliphatic rings. The molecule has 0 radical (unpaired) electrons. The van der Waals surface area contributed by atoms with Crippen molar-refractivity contribution in [1.82, 2.24) is 0 Å². The maximum atomic E-state index is 11.8. The number of rotatable bonds is 3. The summed E-state index contributed by atoms with van der Waals surface area (Å²) in [5.74, 6) is -3.68. The zero-order valence-electron chi connectivity index (χ0n) is 8.96. The molecule has 1 aromatic carbocycles. The van der Waals surface area contributed by atoms with E-state index in [0.29, 0.717) is 0 Å². The Bertz CT molecular complexity index is 440. The number of carbonyl (C=O) groups is 2. The van der Waals surface area contributed by atoms with Crippen LogP contribution in [0.1, 0.15) is 12.0 Å². The van der Waals surface area contributed by atoms with Crippen LogP contribution < -0.4 is 0 Å². The molecule has 0 aromatic heterocycles. The van der Waals surface area contributed by atoms with Gasteiger partial charge < -0.3 is 4.74 Å². The lowest BCUT2D eigenvalue weighted by molar-refractivity contribution is -0.201. The Balaban J connectivity index is 2.42. The number of hydrogen-bond acceptors (Lipinski definition) is 3. The second kappa shape index (κ2) is 5.99. The van der Waals surface area contributed by atoms with Gasteiger partial charge in [-0.1, -0.05) is 28.1 Å². The van der Waals surface area contributed by atoms with Crippen molar-refractivity contribution in [3.05, 3.63) is 34.3 Å². The van der Waals surface area contributed by atoms with Crippen molar-refractivity contribution in [1.29, 1.82) is 0 Å². The largest absolute Gasteiger partial charge is 0.491 e. The molecule has 98 valence electrons. The van der Waals surface area contributed by atoms with Crippen molar-refractivity contribution < 1.29 is 27.5 Å². The molecule has 0 bridgehead atoms. The van der Waals surface area contributed by atoms with Gasteiger partial charge in [0.25, 0.3) is 0 Å². The maximum absolute atomic E-state index is 11.8. The van der Waals surface area contributed by atoms with Crippen molar-refractivity contribution in [2.75, 3.05) is 0 Å². The molecule has 0 aliphatic heterocycles. The van der Waals surface area contributed by atoms with Gasteiger partial charge in [0, 0.05) is 4.47 Å². The SMILES string of the molecule is O=C(CCc1ccc(Br)cc1)OC(=O)C(F)(F)F. The van der Waals surface area contributed by atoms with Gasteiger partial charge in [0.2, 0.25) is 0 Å². The van der Waals surface area contributed by atoms with Crippen molar-refractivity contribution in [2.24, 2.45) is 0 Å². The van der Waals surface area contributed by atoms with Crippen molar-refractivity contribution in [3.63, 3.8) is 0 Å². The molecule has 0 fully saturated rings. The Morgan fingerprint density at radius 3 is 2.22 bits per heavy atom. The van der Waals surface area contributed by atoms with Gasteiger partial charge in [-0.05, 0) is 24.1 Å². The zero-order chi connectivity index (χ0) is 13.8. The first-order valence-corrected chi connectivity index (χ1v) is 5.64. The lowest BCUT2D eigenvalue weighted by Gasteiger charge is -2.05. The summed E-state index contributed by atoms with van der Waals surface area (Å²) >= 11 is 3.22. The summed E-state index contributed by atoms with van der Waals surface area (Å²) in [5.41, 5.74) is 0.759. The van der Waals surface area contributed by atoms with Crippen LogP contribution in [-0.2, 0) is 20.7 Å². The van der Waals surface area contributed by atoms with Crippen LogP contribution in [-0.4, -0.2) is 18.1 Å². The van der Waals surface area contributed by atoms with Crippen LogP contribution in [0.2, 0.25) is 0 Å². The number of aryl methyl sites for hydroxylation is 1. The smallest absolute Gasteiger partial charge is 0.386 e. The van der Waals surface area contributed by atoms with E-state index in [1.807, 2.05) is 0 Å². The van der Waals surface area contributed by atoms with Gasteiger partial charge in [-0.2, -0.15) is 13.2 Å². The number of alkyl halides is 3. The summed E-state index contributed by atoms with van der Waals surface area (Å²) in [6, 6.07) is 6.90. The fourth-order valence-electron chi connectivity index (χ4n) is 1.11. The second-order valence-electron chi connectivity index (χ2n) is 3.39. The van der Waals surface area contributed by atoms with Gasteiger partial charge in [0.05, 0.1) is 6.42 Å². The normalized spacial score (nSPS) is 11.1. The van der Waals surface area contributed by atoms with Crippen LogP contribution in [0, 0.1) is 0 Å². The van der Waals surface area contributed by atoms with Crippen LogP contribution >= 0.6 is 15.9 Å². The van der Waals surface area contributed by atoms with Crippen molar-refractivity contribution >= 4 is 27.9 Å². The molecule has 7 heteroatoms. The Hall–Kier alpha value is -1.37. The lowest BCUT2D eigenvalue weighted by atomic mass is 10.1. The summed E-state index contributed by atoms with van der Waals surface area (Å²) in [4.78, 5) is 21.3. The Kier molecular flexibility index (Phi) is 4.89. The first-order valence-electron chi connectivity index (χ1n) is 4.85. The summed E-state index contributed by atoms with van der Waals surface area (Å²) in [6.45, 7) is 0. The molecule has 18 heavy (non-hydrogen) atoms. The lowest BCUT2D eigenvalue weighted by Crippen LogP contribution is -2.28. The van der Waals surface area contributed by atoms with Crippen LogP contribution in [0.4, 0.5) is 13.2 Å². The number of benzene rings is 1. The molecule has 0 heterocycles. The van der Waals surface area contributed by atoms with E-state index in [2.05, 4.69) is 20.7 Å². The van der Waals surface area contributed by atoms with Crippen molar-refractivity contribution in [2.45, 2.75) is 19.0 Å². The minimum absolute atomic E-state index is 0.206. The first-order chi connectivity index (χ1) is 8.29. The van der Waals surface area contributed by atoms with E-state index in [0.717, 1.165) is 10.0 Å². The molecular formula is C11H8BrF3O3. The third kappa shape index (κ3) is 4.87. The topological polar surface area (TPSA) is 43.4 Å². The Labute approximate surface area is 109 Å². The molecule has 0 N–H and O–H groups in total. The maximum Gasteiger partial charge on any atom is 0.491 e. The van der Waals surface area contributed by atoms with Crippen LogP contribution in [0.25, 0.3) is 0 Å². The third-order valence-electron chi connectivity index (χ3n) is 1.97. The molecule has 0 amide bonds. The fourth-order valence-corrected chi connectivity index (χ4v) is 1.37. The monoisotopic (exact) mass is 324 g/mol. The van der Waals surface area contributed by atoms with E-state index in [1.165, 1.54) is 0 Å². The van der Waals surface area contributed by atoms with Gasteiger partial charge in [0.1, 0.15) is 0 Å². The molecule has 1 aromatic rings. The van der Waals surface area contributed by atoms with E-state index in [9.17, 15) is 22.8 Å². The van der Waals surface area contributed by atoms with Gasteiger partial charge >= 0.3 is 18.1 Å². The number of ether oxygens (including phenoxy) is 1. The molecule has 1 rings (SSSR count). The first kappa shape index (κ1) is 14.7. The number of esters is 2. The van der Waals surface area contributed by atoms with E-state index < -0.39 is 18.1 Å². The molecule has 0 spiro atoms. The van der Waals surface area contributed by atoms with E-state index in [-0.39, 0.29) is 12.8 Å². The second-order valence-corrected chi connectivity index (χ2v) is 4.30. The minimum Gasteiger partial charge on any atom is -0.386 e. The average Bonchev–Trinajstić information content (AvgIpc) is 2.27. The van der Waals surface area contributed by atoms with E-state index in [4.69, 9.17) is 0 Å². The molecule has 0 saturated heterocycles. The highest BCUT2D eigenvalue weighted by Gasteiger charge is 2.42. The average molecular weight is 325 g/mol. The number of halogens is 4. The molecule has 0 aliphatic carbocycles. The van der Waals surface area contributed by atoms with Gasteiger partial charge in [-0.3, -0.25) is 4.79 Å². The predicted octanol–water partition coefficient (Wildman–Crippen LogP) is 3.01. The zero-order valence-corrected chi connectivity index (χ0v) is 10.5. The Morgan fingerprint density at radius 1 is 1.17 bits per heavy atom. The Morgan fingerprint density at radius 2 is 1.72 bits per heavy atom. The van der Waals surface area contributed by atoms with Gasteiger partial charge in [-0.15, -0.1) is 0 Å². The van der Waals surface area contributed by atoms with Gasteiger partial charge in [-0.25, -0.2) is 4.79 Å². The molecule has 0 saturated carbocycles. The van der Waals surface area contributed by atoms with Crippen LogP contribution in [0.5, 0.6) is 0 Å². The number of hydrogen-bond donors (Lipinski definition) is 0. The van der Waals surface area contributed by atoms with Crippen molar-refractivity contribution in [3.8, 4) is 0 Å². The molecule has 0 unspecified atom stereocenters. The fraction of sp³-hybridized carbons (Fsp3) is 0.273. The van der Waals surface area contributed by atoms with Crippen LogP contribution in [0.3, 0.4) is 0 Å². The minimum atomic E-state index is -5.15. The predicted molar refractivity (Wildman–Crippen MR) is 59.6 cm³/mol. The summed E-state index contributed by atoms with van der Waals surface area (Å²) < 4.78 is 39.9. The number of carbonyl (C=O) groups excluding carboxylic acids is 2. The van der Waals surface area contributed by atoms with E-state index in [1.54, 1.807) is 24.3 Å². The third-order valence-corrected chi connectivity index (χ3v) is 2.50. The molecule has 3 nitrogen and oxygen atoms in total. The standard InChI is InChI=1S/C11H8BrF3O3/c12-8-4-1-7(2-5-8)3-6-9(16)18-10(17)11(13,14)15/h1-2,4-5H,3,6H2. The highest BCUT2D eigenvalue weighted by molar-refractivity contribution is 9.10. The molecule has 0 atom stereocenters. The summed E-state index contributed by atoms with van der Waals surface area (Å²) in [5, 5.41) is 0. The highest BCUT2D eigenvalue weighted by atomic mass is 79.9. The summed E-state index contributed by atoms with van der Waals surface area (Å²) in [7, 11) is 0. The summed E-state index contributed by atoms with van der Waals surface area (Å²) in [6.07, 6.45) is -5.23. The van der Waals surface area contributed by atoms with Crippen LogP contribution in [0.15, 0.2) is 28.7 Å². The highest BCUT2D eigenvalue weighted by Crippen LogP contribution is 2.17. The quantitative estimate of drug-likeness (QED) is 0.634. The van der Waals surface area contributed by atoms with Gasteiger partial charge in [0.15, 0.2) is 0 Å². The van der Waals surface area contributed by atoms with E-state index >= 15 is 0 Å². The molecular weight excluding hydrogens is 317 g/mol.